The second-order valence-corrected chi connectivity index (χ2v) is 9.09. The molecule has 0 bridgehead atoms. The number of methoxy groups -OCH3 is 1. The van der Waals surface area contributed by atoms with Crippen molar-refractivity contribution in [1.82, 2.24) is 0 Å². The molecule has 0 unspecified atom stereocenters. The predicted octanol–water partition coefficient (Wildman–Crippen LogP) is 8.11. The van der Waals surface area contributed by atoms with Crippen molar-refractivity contribution in [2.45, 2.75) is 44.6 Å². The van der Waals surface area contributed by atoms with Crippen LogP contribution in [0.4, 0.5) is 26.3 Å². The first-order valence-corrected chi connectivity index (χ1v) is 12.8. The van der Waals surface area contributed by atoms with Crippen LogP contribution < -0.4 is 9.47 Å². The van der Waals surface area contributed by atoms with Crippen molar-refractivity contribution in [2.75, 3.05) is 25.8 Å². The molecule has 0 heterocycles. The summed E-state index contributed by atoms with van der Waals surface area (Å²) in [6.07, 6.45) is -11.2. The second kappa shape index (κ2) is 12.8. The Morgan fingerprint density at radius 3 is 2.11 bits per heavy atom. The van der Waals surface area contributed by atoms with Crippen LogP contribution >= 0.6 is 31.9 Å². The van der Waals surface area contributed by atoms with Gasteiger partial charge in [0.05, 0.1) is 22.0 Å². The second-order valence-electron chi connectivity index (χ2n) is 7.67. The molecule has 0 N–H and O–H groups in total. The number of Topliss-reactive ketones (excluding diaryl/α,β-unsaturated/α-hetero) is 1. The number of benzene rings is 2. The van der Waals surface area contributed by atoms with E-state index in [4.69, 9.17) is 9.47 Å². The van der Waals surface area contributed by atoms with Crippen LogP contribution in [0, 0.1) is 0 Å². The van der Waals surface area contributed by atoms with Crippen LogP contribution in [0.5, 0.6) is 17.2 Å². The van der Waals surface area contributed by atoms with E-state index >= 15 is 0 Å². The molecule has 0 aliphatic rings. The van der Waals surface area contributed by atoms with Gasteiger partial charge >= 0.3 is 12.4 Å². The summed E-state index contributed by atoms with van der Waals surface area (Å²) in [6, 6.07) is 5.34. The van der Waals surface area contributed by atoms with E-state index in [2.05, 4.69) is 41.3 Å². The SMILES string of the molecule is CCCc1cc(C(OCOC)(C(F)(F)F)C(F)(F)F)ccc1Oc1cc(OCC)c(C(=O)CBr)cc1Br. The van der Waals surface area contributed by atoms with Gasteiger partial charge in [-0.25, -0.2) is 0 Å². The molecule has 2 aromatic carbocycles. The van der Waals surface area contributed by atoms with E-state index in [-0.39, 0.29) is 52.5 Å². The van der Waals surface area contributed by atoms with Crippen LogP contribution in [0.2, 0.25) is 0 Å². The van der Waals surface area contributed by atoms with Crippen molar-refractivity contribution in [3.05, 3.63) is 51.5 Å². The topological polar surface area (TPSA) is 54.0 Å². The number of carbonyl (C=O) groups is 1. The quantitative estimate of drug-likeness (QED) is 0.0993. The third-order valence-electron chi connectivity index (χ3n) is 5.15. The lowest BCUT2D eigenvalue weighted by Crippen LogP contribution is -2.56. The number of hydrogen-bond donors (Lipinski definition) is 0. The number of ether oxygens (including phenoxy) is 4. The van der Waals surface area contributed by atoms with E-state index in [1.807, 2.05) is 0 Å². The number of hydrogen-bond acceptors (Lipinski definition) is 5. The van der Waals surface area contributed by atoms with Gasteiger partial charge < -0.3 is 18.9 Å². The Labute approximate surface area is 226 Å². The van der Waals surface area contributed by atoms with Gasteiger partial charge in [0.15, 0.2) is 5.78 Å². The first-order chi connectivity index (χ1) is 17.3. The minimum Gasteiger partial charge on any atom is -0.493 e. The van der Waals surface area contributed by atoms with Crippen molar-refractivity contribution >= 4 is 37.6 Å². The lowest BCUT2D eigenvalue weighted by molar-refractivity contribution is -0.400. The minimum atomic E-state index is -5.84. The molecule has 0 radical (unpaired) electrons. The molecule has 2 rings (SSSR count). The maximum atomic E-state index is 14.0. The molecule has 5 nitrogen and oxygen atoms in total. The Morgan fingerprint density at radius 2 is 1.59 bits per heavy atom. The molecular weight excluding hydrogens is 642 g/mol. The highest BCUT2D eigenvalue weighted by Gasteiger charge is 2.73. The van der Waals surface area contributed by atoms with Crippen molar-refractivity contribution in [3.8, 4) is 17.2 Å². The molecule has 37 heavy (non-hydrogen) atoms. The normalized spacial score (nSPS) is 12.5. The van der Waals surface area contributed by atoms with Crippen LogP contribution in [-0.4, -0.2) is 44.0 Å². The van der Waals surface area contributed by atoms with E-state index < -0.39 is 30.3 Å². The van der Waals surface area contributed by atoms with Gasteiger partial charge in [-0.15, -0.1) is 0 Å². The van der Waals surface area contributed by atoms with Gasteiger partial charge in [-0.3, -0.25) is 4.79 Å². The summed E-state index contributed by atoms with van der Waals surface area (Å²) in [6.45, 7) is 2.41. The fourth-order valence-electron chi connectivity index (χ4n) is 3.54. The van der Waals surface area contributed by atoms with Crippen LogP contribution in [0.1, 0.15) is 41.8 Å². The summed E-state index contributed by atoms with van der Waals surface area (Å²) in [7, 11) is 0.919. The Balaban J connectivity index is 2.66. The lowest BCUT2D eigenvalue weighted by atomic mass is 9.89. The highest BCUT2D eigenvalue weighted by molar-refractivity contribution is 9.10. The molecule has 0 aliphatic carbocycles. The van der Waals surface area contributed by atoms with Gasteiger partial charge in [0, 0.05) is 18.7 Å². The summed E-state index contributed by atoms with van der Waals surface area (Å²) in [5.74, 6) is 0.116. The van der Waals surface area contributed by atoms with E-state index in [9.17, 15) is 31.1 Å². The Morgan fingerprint density at radius 1 is 0.946 bits per heavy atom. The fourth-order valence-corrected chi connectivity index (χ4v) is 4.27. The molecule has 2 aromatic rings. The number of aryl methyl sites for hydroxylation is 1. The molecule has 0 fully saturated rings. The van der Waals surface area contributed by atoms with E-state index in [0.717, 1.165) is 19.2 Å². The zero-order chi connectivity index (χ0) is 28.0. The molecule has 0 aromatic heterocycles. The van der Waals surface area contributed by atoms with Gasteiger partial charge in [0.25, 0.3) is 5.60 Å². The largest absolute Gasteiger partial charge is 0.493 e. The molecule has 13 heteroatoms. The smallest absolute Gasteiger partial charge is 0.430 e. The third kappa shape index (κ3) is 6.79. The van der Waals surface area contributed by atoms with Crippen LogP contribution in [0.3, 0.4) is 0 Å². The summed E-state index contributed by atoms with van der Waals surface area (Å²) in [5.41, 5.74) is -5.42. The van der Waals surface area contributed by atoms with Gasteiger partial charge in [-0.2, -0.15) is 26.3 Å². The van der Waals surface area contributed by atoms with Gasteiger partial charge in [-0.1, -0.05) is 35.3 Å². The maximum Gasteiger partial charge on any atom is 0.430 e. The summed E-state index contributed by atoms with van der Waals surface area (Å²) >= 11 is 6.39. The number of carbonyl (C=O) groups excluding carboxylic acids is 1. The van der Waals surface area contributed by atoms with Crippen LogP contribution in [0.25, 0.3) is 0 Å². The highest BCUT2D eigenvalue weighted by Crippen LogP contribution is 2.53. The first-order valence-electron chi connectivity index (χ1n) is 10.9. The Kier molecular flexibility index (Phi) is 10.9. The highest BCUT2D eigenvalue weighted by atomic mass is 79.9. The molecule has 0 amide bonds. The van der Waals surface area contributed by atoms with Crippen molar-refractivity contribution < 1.29 is 50.1 Å². The molecule has 0 saturated heterocycles. The standard InChI is InChI=1S/C24H24Br2F6O5/c1-4-6-14-9-15(22(23(27,28)29,24(30,31)32)36-13-34-3)7-8-19(14)37-21-11-20(35-5-2)16(10-17(21)26)18(33)12-25/h7-11H,4-6,12-13H2,1-3H3. The maximum absolute atomic E-state index is 14.0. The summed E-state index contributed by atoms with van der Waals surface area (Å²) in [5, 5.41) is 0.0349. The van der Waals surface area contributed by atoms with Crippen LogP contribution in [0.15, 0.2) is 34.8 Å². The average Bonchev–Trinajstić information content (AvgIpc) is 2.80. The lowest BCUT2D eigenvalue weighted by Gasteiger charge is -2.37. The average molecular weight is 666 g/mol. The summed E-state index contributed by atoms with van der Waals surface area (Å²) in [4.78, 5) is 12.2. The number of alkyl halides is 7. The van der Waals surface area contributed by atoms with E-state index in [1.54, 1.807) is 13.8 Å². The molecule has 0 spiro atoms. The van der Waals surface area contributed by atoms with Gasteiger partial charge in [0.1, 0.15) is 24.0 Å². The molecular formula is C24H24Br2F6O5. The number of halogens is 8. The monoisotopic (exact) mass is 664 g/mol. The van der Waals surface area contributed by atoms with Crippen molar-refractivity contribution in [3.63, 3.8) is 0 Å². The number of rotatable bonds is 12. The molecule has 206 valence electrons. The molecule has 0 saturated carbocycles. The van der Waals surface area contributed by atoms with Crippen molar-refractivity contribution in [1.29, 1.82) is 0 Å². The first kappa shape index (κ1) is 31.4. The molecule has 0 atom stereocenters. The van der Waals surface area contributed by atoms with Gasteiger partial charge in [0.2, 0.25) is 0 Å². The number of ketones is 1. The molecule has 0 aliphatic heterocycles. The minimum absolute atomic E-state index is 0.0262. The zero-order valence-electron chi connectivity index (χ0n) is 20.0. The zero-order valence-corrected chi connectivity index (χ0v) is 23.2. The van der Waals surface area contributed by atoms with Gasteiger partial charge in [-0.05, 0) is 53.0 Å². The van der Waals surface area contributed by atoms with E-state index in [1.165, 1.54) is 12.1 Å². The van der Waals surface area contributed by atoms with Crippen molar-refractivity contribution in [2.24, 2.45) is 0 Å². The van der Waals surface area contributed by atoms with Crippen LogP contribution in [-0.2, 0) is 21.5 Å². The Bertz CT molecular complexity index is 1070. The summed E-state index contributed by atoms with van der Waals surface area (Å²) < 4.78 is 104. The predicted molar refractivity (Wildman–Crippen MR) is 131 cm³/mol. The Hall–Kier alpha value is -1.83. The van der Waals surface area contributed by atoms with E-state index in [0.29, 0.717) is 17.0 Å². The fraction of sp³-hybridized carbons (Fsp3) is 0.458. The third-order valence-corrected chi connectivity index (χ3v) is 6.28.